The van der Waals surface area contributed by atoms with Gasteiger partial charge in [0.15, 0.2) is 0 Å². The van der Waals surface area contributed by atoms with Gasteiger partial charge in [0.05, 0.1) is 19.8 Å². The van der Waals surface area contributed by atoms with Crippen LogP contribution in [0.3, 0.4) is 0 Å². The van der Waals surface area contributed by atoms with Crippen LogP contribution < -0.4 is 0 Å². The molecule has 110 valence electrons. The maximum absolute atomic E-state index is 12.0. The predicted molar refractivity (Wildman–Crippen MR) is 65.8 cm³/mol. The summed E-state index contributed by atoms with van der Waals surface area (Å²) in [6, 6.07) is 0. The Bertz CT molecular complexity index is 351. The van der Waals surface area contributed by atoms with Crippen LogP contribution in [0.4, 0.5) is 4.79 Å². The van der Waals surface area contributed by atoms with E-state index in [-0.39, 0.29) is 26.3 Å². The topological polar surface area (TPSA) is 96.3 Å². The minimum absolute atomic E-state index is 0.127. The lowest BCUT2D eigenvalue weighted by atomic mass is 9.90. The Hall–Kier alpha value is -1.34. The molecule has 7 heteroatoms. The molecule has 1 aliphatic rings. The van der Waals surface area contributed by atoms with Crippen molar-refractivity contribution in [3.05, 3.63) is 0 Å². The Morgan fingerprint density at radius 2 is 2.05 bits per heavy atom. The van der Waals surface area contributed by atoms with E-state index in [0.717, 1.165) is 0 Å². The fraction of sp³-hybridized carbons (Fsp3) is 0.833. The monoisotopic (exact) mass is 275 g/mol. The van der Waals surface area contributed by atoms with E-state index in [9.17, 15) is 19.8 Å². The second-order valence-corrected chi connectivity index (χ2v) is 5.70. The van der Waals surface area contributed by atoms with Gasteiger partial charge in [-0.2, -0.15) is 0 Å². The first-order valence-corrected chi connectivity index (χ1v) is 6.10. The molecular formula is C12H21NO6. The summed E-state index contributed by atoms with van der Waals surface area (Å²) in [6.07, 6.45) is -0.600. The summed E-state index contributed by atoms with van der Waals surface area (Å²) < 4.78 is 10.4. The highest BCUT2D eigenvalue weighted by Crippen LogP contribution is 2.23. The molecule has 1 amide bonds. The van der Waals surface area contributed by atoms with Crippen LogP contribution in [-0.2, 0) is 14.3 Å². The first-order chi connectivity index (χ1) is 8.70. The molecule has 1 aliphatic heterocycles. The number of rotatable bonds is 2. The van der Waals surface area contributed by atoms with Gasteiger partial charge in [-0.05, 0) is 20.8 Å². The molecule has 0 aromatic heterocycles. The normalized spacial score (nSPS) is 24.7. The van der Waals surface area contributed by atoms with Crippen LogP contribution in [-0.4, -0.2) is 65.7 Å². The third-order valence-corrected chi connectivity index (χ3v) is 2.79. The second-order valence-electron chi connectivity index (χ2n) is 5.70. The van der Waals surface area contributed by atoms with Gasteiger partial charge in [0.1, 0.15) is 11.0 Å². The van der Waals surface area contributed by atoms with Crippen molar-refractivity contribution in [1.82, 2.24) is 4.90 Å². The summed E-state index contributed by atoms with van der Waals surface area (Å²) in [4.78, 5) is 24.5. The summed E-state index contributed by atoms with van der Waals surface area (Å²) in [5.41, 5.74) is -2.15. The summed E-state index contributed by atoms with van der Waals surface area (Å²) >= 11 is 0. The van der Waals surface area contributed by atoms with Crippen molar-refractivity contribution in [2.75, 3.05) is 32.9 Å². The molecule has 0 spiro atoms. The lowest BCUT2D eigenvalue weighted by Gasteiger charge is -2.31. The SMILES string of the molecule is CC(C)(C)OC(=O)N1CCOCC(CO)(C(=O)O)C1. The largest absolute Gasteiger partial charge is 0.481 e. The number of amides is 1. The number of aliphatic hydroxyl groups is 1. The summed E-state index contributed by atoms with van der Waals surface area (Å²) in [5.74, 6) is -1.19. The Balaban J connectivity index is 2.84. The average molecular weight is 275 g/mol. The molecule has 0 bridgehead atoms. The van der Waals surface area contributed by atoms with Gasteiger partial charge in [-0.1, -0.05) is 0 Å². The molecule has 1 rings (SSSR count). The van der Waals surface area contributed by atoms with E-state index in [2.05, 4.69) is 0 Å². The molecule has 0 saturated carbocycles. The molecule has 1 heterocycles. The van der Waals surface area contributed by atoms with Crippen molar-refractivity contribution in [2.24, 2.45) is 5.41 Å². The van der Waals surface area contributed by atoms with Crippen molar-refractivity contribution in [2.45, 2.75) is 26.4 Å². The lowest BCUT2D eigenvalue weighted by molar-refractivity contribution is -0.155. The fourth-order valence-corrected chi connectivity index (χ4v) is 1.71. The van der Waals surface area contributed by atoms with E-state index in [1.165, 1.54) is 4.90 Å². The average Bonchev–Trinajstić information content (AvgIpc) is 2.49. The van der Waals surface area contributed by atoms with Gasteiger partial charge in [-0.15, -0.1) is 0 Å². The molecule has 19 heavy (non-hydrogen) atoms. The van der Waals surface area contributed by atoms with E-state index >= 15 is 0 Å². The van der Waals surface area contributed by atoms with Crippen LogP contribution in [0.5, 0.6) is 0 Å². The molecular weight excluding hydrogens is 254 g/mol. The molecule has 2 N–H and O–H groups in total. The third kappa shape index (κ3) is 4.07. The highest BCUT2D eigenvalue weighted by Gasteiger charge is 2.43. The zero-order valence-corrected chi connectivity index (χ0v) is 11.5. The number of aliphatic hydroxyl groups excluding tert-OH is 1. The molecule has 1 saturated heterocycles. The Labute approximate surface area is 112 Å². The van der Waals surface area contributed by atoms with E-state index in [1.807, 2.05) is 0 Å². The highest BCUT2D eigenvalue weighted by molar-refractivity contribution is 5.77. The number of carbonyl (C=O) groups is 2. The number of carboxylic acid groups (broad SMARTS) is 1. The maximum atomic E-state index is 12.0. The number of ether oxygens (including phenoxy) is 2. The van der Waals surface area contributed by atoms with E-state index < -0.39 is 29.7 Å². The fourth-order valence-electron chi connectivity index (χ4n) is 1.71. The van der Waals surface area contributed by atoms with Crippen LogP contribution in [0.1, 0.15) is 20.8 Å². The number of hydrogen-bond donors (Lipinski definition) is 2. The molecule has 0 radical (unpaired) electrons. The van der Waals surface area contributed by atoms with Crippen LogP contribution in [0.25, 0.3) is 0 Å². The molecule has 7 nitrogen and oxygen atoms in total. The maximum Gasteiger partial charge on any atom is 0.410 e. The number of aliphatic carboxylic acids is 1. The van der Waals surface area contributed by atoms with Gasteiger partial charge >= 0.3 is 12.1 Å². The van der Waals surface area contributed by atoms with E-state index in [1.54, 1.807) is 20.8 Å². The molecule has 0 aromatic carbocycles. The van der Waals surface area contributed by atoms with Gasteiger partial charge < -0.3 is 24.6 Å². The van der Waals surface area contributed by atoms with Crippen molar-refractivity contribution in [3.8, 4) is 0 Å². The molecule has 1 fully saturated rings. The van der Waals surface area contributed by atoms with Crippen molar-refractivity contribution in [1.29, 1.82) is 0 Å². The van der Waals surface area contributed by atoms with E-state index in [4.69, 9.17) is 9.47 Å². The van der Waals surface area contributed by atoms with Crippen molar-refractivity contribution < 1.29 is 29.3 Å². The smallest absolute Gasteiger partial charge is 0.410 e. The van der Waals surface area contributed by atoms with Gasteiger partial charge in [-0.25, -0.2) is 4.79 Å². The van der Waals surface area contributed by atoms with Crippen LogP contribution in [0.15, 0.2) is 0 Å². The first kappa shape index (κ1) is 15.7. The van der Waals surface area contributed by atoms with E-state index in [0.29, 0.717) is 0 Å². The molecule has 1 atom stereocenters. The van der Waals surface area contributed by atoms with Crippen LogP contribution in [0.2, 0.25) is 0 Å². The number of nitrogens with zero attached hydrogens (tertiary/aromatic N) is 1. The van der Waals surface area contributed by atoms with Crippen LogP contribution >= 0.6 is 0 Å². The number of hydrogen-bond acceptors (Lipinski definition) is 5. The minimum Gasteiger partial charge on any atom is -0.481 e. The Morgan fingerprint density at radius 1 is 1.42 bits per heavy atom. The Kier molecular flexibility index (Phi) is 4.75. The predicted octanol–water partition coefficient (Wildman–Crippen LogP) is 0.317. The zero-order valence-electron chi connectivity index (χ0n) is 11.5. The van der Waals surface area contributed by atoms with Gasteiger partial charge in [0, 0.05) is 13.1 Å². The highest BCUT2D eigenvalue weighted by atomic mass is 16.6. The first-order valence-electron chi connectivity index (χ1n) is 6.10. The summed E-state index contributed by atoms with van der Waals surface area (Å²) in [5, 5.41) is 18.6. The van der Waals surface area contributed by atoms with Gasteiger partial charge in [0.25, 0.3) is 0 Å². The third-order valence-electron chi connectivity index (χ3n) is 2.79. The number of carboxylic acids is 1. The number of carbonyl (C=O) groups excluding carboxylic acids is 1. The standard InChI is InChI=1S/C12H21NO6/c1-11(2,3)19-10(17)13-4-5-18-8-12(6-13,7-14)9(15)16/h14H,4-8H2,1-3H3,(H,15,16). The second kappa shape index (κ2) is 5.75. The molecule has 0 aliphatic carbocycles. The van der Waals surface area contributed by atoms with Crippen LogP contribution in [0, 0.1) is 5.41 Å². The summed E-state index contributed by atoms with van der Waals surface area (Å²) in [7, 11) is 0. The Morgan fingerprint density at radius 3 is 2.53 bits per heavy atom. The minimum atomic E-state index is -1.49. The van der Waals surface area contributed by atoms with Crippen molar-refractivity contribution >= 4 is 12.1 Å². The lowest BCUT2D eigenvalue weighted by Crippen LogP contribution is -2.49. The quantitative estimate of drug-likeness (QED) is 0.753. The van der Waals surface area contributed by atoms with Crippen molar-refractivity contribution in [3.63, 3.8) is 0 Å². The molecule has 0 aromatic rings. The van der Waals surface area contributed by atoms with Gasteiger partial charge in [-0.3, -0.25) is 4.79 Å². The summed E-state index contributed by atoms with van der Waals surface area (Å²) in [6.45, 7) is 4.80. The zero-order chi connectivity index (χ0) is 14.7. The molecule has 1 unspecified atom stereocenters. The van der Waals surface area contributed by atoms with Gasteiger partial charge in [0.2, 0.25) is 0 Å².